The molecule has 1 atom stereocenters. The molecule has 0 bridgehead atoms. The van der Waals surface area contributed by atoms with Crippen molar-refractivity contribution in [3.05, 3.63) is 30.1 Å². The normalized spacial score (nSPS) is 12.9. The lowest BCUT2D eigenvalue weighted by Crippen LogP contribution is -2.29. The van der Waals surface area contributed by atoms with E-state index in [0.29, 0.717) is 24.1 Å². The van der Waals surface area contributed by atoms with Gasteiger partial charge < -0.3 is 9.47 Å². The van der Waals surface area contributed by atoms with Crippen LogP contribution in [0.1, 0.15) is 25.7 Å². The lowest BCUT2D eigenvalue weighted by Gasteiger charge is -2.15. The smallest absolute Gasteiger partial charge is 0.316 e. The SMILES string of the molecule is CCn1c(OC)nnc1[C@@H](C)NS(=O)(=O)c1cccc(OC)c1. The summed E-state index contributed by atoms with van der Waals surface area (Å²) in [4.78, 5) is 0.123. The molecule has 1 aromatic heterocycles. The molecule has 23 heavy (non-hydrogen) atoms. The summed E-state index contributed by atoms with van der Waals surface area (Å²) in [6, 6.07) is 6.04. The predicted octanol–water partition coefficient (Wildman–Crippen LogP) is 1.35. The highest BCUT2D eigenvalue weighted by Gasteiger charge is 2.23. The third-order valence-electron chi connectivity index (χ3n) is 3.31. The maximum Gasteiger partial charge on any atom is 0.316 e. The van der Waals surface area contributed by atoms with E-state index in [4.69, 9.17) is 9.47 Å². The number of rotatable bonds is 7. The van der Waals surface area contributed by atoms with Crippen molar-refractivity contribution in [2.24, 2.45) is 0 Å². The zero-order valence-electron chi connectivity index (χ0n) is 13.5. The van der Waals surface area contributed by atoms with Crippen molar-refractivity contribution in [2.75, 3.05) is 14.2 Å². The number of methoxy groups -OCH3 is 2. The van der Waals surface area contributed by atoms with Gasteiger partial charge in [-0.2, -0.15) is 0 Å². The largest absolute Gasteiger partial charge is 0.497 e. The van der Waals surface area contributed by atoms with Crippen molar-refractivity contribution < 1.29 is 17.9 Å². The number of sulfonamides is 1. The molecule has 1 heterocycles. The summed E-state index contributed by atoms with van der Waals surface area (Å²) in [6.07, 6.45) is 0. The van der Waals surface area contributed by atoms with Crippen molar-refractivity contribution >= 4 is 10.0 Å². The van der Waals surface area contributed by atoms with Crippen LogP contribution >= 0.6 is 0 Å². The molecule has 0 saturated carbocycles. The number of benzene rings is 1. The van der Waals surface area contributed by atoms with E-state index < -0.39 is 16.1 Å². The molecule has 0 fully saturated rings. The Labute approximate surface area is 135 Å². The van der Waals surface area contributed by atoms with Crippen molar-refractivity contribution in [3.8, 4) is 11.8 Å². The van der Waals surface area contributed by atoms with E-state index in [-0.39, 0.29) is 4.90 Å². The number of hydrogen-bond acceptors (Lipinski definition) is 6. The first-order valence-electron chi connectivity index (χ1n) is 7.06. The summed E-state index contributed by atoms with van der Waals surface area (Å²) in [5.74, 6) is 0.953. The Bertz CT molecular complexity index is 773. The molecule has 0 aliphatic heterocycles. The molecule has 2 aromatic rings. The van der Waals surface area contributed by atoms with Gasteiger partial charge in [0.1, 0.15) is 5.75 Å². The van der Waals surface area contributed by atoms with Gasteiger partial charge in [-0.1, -0.05) is 11.2 Å². The fraction of sp³-hybridized carbons (Fsp3) is 0.429. The topological polar surface area (TPSA) is 95.3 Å². The molecule has 0 unspecified atom stereocenters. The molecule has 1 aromatic carbocycles. The Balaban J connectivity index is 2.28. The molecule has 0 aliphatic rings. The van der Waals surface area contributed by atoms with Crippen molar-refractivity contribution in [1.29, 1.82) is 0 Å². The van der Waals surface area contributed by atoms with Crippen molar-refractivity contribution in [1.82, 2.24) is 19.5 Å². The highest BCUT2D eigenvalue weighted by atomic mass is 32.2. The molecule has 0 amide bonds. The van der Waals surface area contributed by atoms with Gasteiger partial charge in [0.15, 0.2) is 5.82 Å². The number of ether oxygens (including phenoxy) is 2. The molecule has 0 saturated heterocycles. The summed E-state index contributed by atoms with van der Waals surface area (Å²) in [7, 11) is -0.740. The van der Waals surface area contributed by atoms with Crippen molar-refractivity contribution in [3.63, 3.8) is 0 Å². The van der Waals surface area contributed by atoms with Gasteiger partial charge in [0.2, 0.25) is 10.0 Å². The van der Waals surface area contributed by atoms with Crippen LogP contribution in [0, 0.1) is 0 Å². The second kappa shape index (κ2) is 6.97. The Hall–Kier alpha value is -2.13. The van der Waals surface area contributed by atoms with Crippen LogP contribution in [-0.2, 0) is 16.6 Å². The maximum atomic E-state index is 12.5. The predicted molar refractivity (Wildman–Crippen MR) is 84.0 cm³/mol. The summed E-state index contributed by atoms with van der Waals surface area (Å²) >= 11 is 0. The Morgan fingerprint density at radius 1 is 1.26 bits per heavy atom. The minimum atomic E-state index is -3.71. The van der Waals surface area contributed by atoms with Gasteiger partial charge in [0.05, 0.1) is 25.2 Å². The van der Waals surface area contributed by atoms with Crippen LogP contribution in [0.2, 0.25) is 0 Å². The van der Waals surface area contributed by atoms with Gasteiger partial charge in [-0.3, -0.25) is 4.57 Å². The first-order valence-corrected chi connectivity index (χ1v) is 8.54. The van der Waals surface area contributed by atoms with E-state index in [1.165, 1.54) is 26.4 Å². The van der Waals surface area contributed by atoms with E-state index in [1.807, 2.05) is 6.92 Å². The molecule has 8 nitrogen and oxygen atoms in total. The molecular weight excluding hydrogens is 320 g/mol. The van der Waals surface area contributed by atoms with Crippen LogP contribution in [0.25, 0.3) is 0 Å². The monoisotopic (exact) mass is 340 g/mol. The summed E-state index contributed by atoms with van der Waals surface area (Å²) in [6.45, 7) is 4.17. The van der Waals surface area contributed by atoms with Crippen molar-refractivity contribution in [2.45, 2.75) is 31.3 Å². The van der Waals surface area contributed by atoms with Gasteiger partial charge in [-0.25, -0.2) is 13.1 Å². The molecule has 0 radical (unpaired) electrons. The Kier molecular flexibility index (Phi) is 5.22. The van der Waals surface area contributed by atoms with E-state index in [2.05, 4.69) is 14.9 Å². The second-order valence-corrected chi connectivity index (χ2v) is 6.53. The highest BCUT2D eigenvalue weighted by molar-refractivity contribution is 7.89. The maximum absolute atomic E-state index is 12.5. The Morgan fingerprint density at radius 3 is 2.61 bits per heavy atom. The standard InChI is InChI=1S/C14H20N4O4S/c1-5-18-13(15-16-14(18)22-4)10(2)17-23(19,20)12-8-6-7-11(9-12)21-3/h6-10,17H,5H2,1-4H3/t10-/m1/s1. The van der Waals surface area contributed by atoms with Crippen LogP contribution in [0.3, 0.4) is 0 Å². The summed E-state index contributed by atoms with van der Waals surface area (Å²) in [5.41, 5.74) is 0. The fourth-order valence-electron chi connectivity index (χ4n) is 2.19. The third-order valence-corrected chi connectivity index (χ3v) is 4.85. The second-order valence-electron chi connectivity index (χ2n) is 4.81. The van der Waals surface area contributed by atoms with Crippen LogP contribution in [0.4, 0.5) is 0 Å². The van der Waals surface area contributed by atoms with Gasteiger partial charge >= 0.3 is 6.01 Å². The average molecular weight is 340 g/mol. The van der Waals surface area contributed by atoms with Gasteiger partial charge in [0, 0.05) is 12.6 Å². The lowest BCUT2D eigenvalue weighted by atomic mass is 10.3. The van der Waals surface area contributed by atoms with E-state index >= 15 is 0 Å². The van der Waals surface area contributed by atoms with Gasteiger partial charge in [-0.05, 0) is 26.0 Å². The minimum Gasteiger partial charge on any atom is -0.497 e. The lowest BCUT2D eigenvalue weighted by molar-refractivity contribution is 0.354. The Morgan fingerprint density at radius 2 is 2.00 bits per heavy atom. The molecule has 1 N–H and O–H groups in total. The van der Waals surface area contributed by atoms with Crippen LogP contribution < -0.4 is 14.2 Å². The molecular formula is C14H20N4O4S. The molecule has 2 rings (SSSR count). The molecule has 0 aliphatic carbocycles. The van der Waals surface area contributed by atoms with Crippen LogP contribution in [0.5, 0.6) is 11.8 Å². The van der Waals surface area contributed by atoms with Crippen LogP contribution in [0.15, 0.2) is 29.2 Å². The zero-order valence-corrected chi connectivity index (χ0v) is 14.3. The molecule has 9 heteroatoms. The summed E-state index contributed by atoms with van der Waals surface area (Å²) < 4.78 is 39.5. The molecule has 126 valence electrons. The first-order chi connectivity index (χ1) is 10.9. The van der Waals surface area contributed by atoms with Gasteiger partial charge in [0.25, 0.3) is 0 Å². The quantitative estimate of drug-likeness (QED) is 0.817. The fourth-order valence-corrected chi connectivity index (χ4v) is 3.43. The number of aromatic nitrogens is 3. The van der Waals surface area contributed by atoms with Crippen LogP contribution in [-0.4, -0.2) is 37.4 Å². The average Bonchev–Trinajstić information content (AvgIpc) is 2.97. The van der Waals surface area contributed by atoms with E-state index in [9.17, 15) is 8.42 Å². The number of nitrogens with one attached hydrogen (secondary N) is 1. The summed E-state index contributed by atoms with van der Waals surface area (Å²) in [5, 5.41) is 7.90. The number of hydrogen-bond donors (Lipinski definition) is 1. The minimum absolute atomic E-state index is 0.123. The van der Waals surface area contributed by atoms with Gasteiger partial charge in [-0.15, -0.1) is 5.10 Å². The van der Waals surface area contributed by atoms with E-state index in [0.717, 1.165) is 0 Å². The molecule has 0 spiro atoms. The number of nitrogens with zero attached hydrogens (tertiary/aromatic N) is 3. The third kappa shape index (κ3) is 3.62. The zero-order chi connectivity index (χ0) is 17.0. The van der Waals surface area contributed by atoms with E-state index in [1.54, 1.807) is 23.6 Å². The highest BCUT2D eigenvalue weighted by Crippen LogP contribution is 2.21. The first kappa shape index (κ1) is 17.2.